The van der Waals surface area contributed by atoms with E-state index < -0.39 is 0 Å². The van der Waals surface area contributed by atoms with E-state index >= 15 is 0 Å². The van der Waals surface area contributed by atoms with Crippen LogP contribution in [0.5, 0.6) is 0 Å². The topological polar surface area (TPSA) is 68.0 Å². The van der Waals surface area contributed by atoms with Gasteiger partial charge in [0.25, 0.3) is 0 Å². The first-order chi connectivity index (χ1) is 11.5. The molecule has 2 aromatic rings. The summed E-state index contributed by atoms with van der Waals surface area (Å²) >= 11 is 0. The average Bonchev–Trinajstić information content (AvgIpc) is 3.10. The maximum atomic E-state index is 12.6. The zero-order valence-corrected chi connectivity index (χ0v) is 14.9. The molecule has 0 saturated heterocycles. The van der Waals surface area contributed by atoms with E-state index in [-0.39, 0.29) is 11.9 Å². The van der Waals surface area contributed by atoms with Crippen molar-refractivity contribution in [3.05, 3.63) is 34.9 Å². The van der Waals surface area contributed by atoms with Crippen molar-refractivity contribution < 1.29 is 4.79 Å². The smallest absolute Gasteiger partial charge is 0.224 e. The molecule has 0 aromatic carbocycles. The molecule has 3 heterocycles. The summed E-state index contributed by atoms with van der Waals surface area (Å²) in [5.74, 6) is 0.124. The Balaban J connectivity index is 1.62. The molecule has 1 aliphatic heterocycles. The van der Waals surface area contributed by atoms with Gasteiger partial charge < -0.3 is 10.2 Å². The second-order valence-corrected chi connectivity index (χ2v) is 6.69. The summed E-state index contributed by atoms with van der Waals surface area (Å²) in [5, 5.41) is 12.3. The first-order valence-corrected chi connectivity index (χ1v) is 8.46. The molecule has 1 amide bonds. The number of fused-ring (bicyclic) bond motifs is 1. The molecular weight excluding hydrogens is 304 g/mol. The van der Waals surface area contributed by atoms with E-state index in [4.69, 9.17) is 0 Å². The molecule has 0 spiro atoms. The predicted molar refractivity (Wildman–Crippen MR) is 91.4 cm³/mol. The maximum absolute atomic E-state index is 12.6. The summed E-state index contributed by atoms with van der Waals surface area (Å²) in [6.07, 6.45) is 2.33. The number of rotatable bonds is 5. The second kappa shape index (κ2) is 6.76. The lowest BCUT2D eigenvalue weighted by atomic mass is 10.1. The molecule has 1 unspecified atom stereocenters. The van der Waals surface area contributed by atoms with Crippen molar-refractivity contribution in [3.63, 3.8) is 0 Å². The Morgan fingerprint density at radius 3 is 2.96 bits per heavy atom. The number of nitrogens with zero attached hydrogens (tertiary/aromatic N) is 5. The monoisotopic (exact) mass is 330 g/mol. The van der Waals surface area contributed by atoms with Gasteiger partial charge in [-0.25, -0.2) is 0 Å². The second-order valence-electron chi connectivity index (χ2n) is 6.69. The quantitative estimate of drug-likeness (QED) is 0.900. The summed E-state index contributed by atoms with van der Waals surface area (Å²) in [4.78, 5) is 14.4. The number of nitrogens with one attached hydrogen (secondary N) is 1. The molecular formula is C17H26N6O. The van der Waals surface area contributed by atoms with Gasteiger partial charge in [-0.3, -0.25) is 14.2 Å². The van der Waals surface area contributed by atoms with Gasteiger partial charge in [0.05, 0.1) is 30.2 Å². The fourth-order valence-corrected chi connectivity index (χ4v) is 3.30. The molecule has 0 saturated carbocycles. The van der Waals surface area contributed by atoms with Gasteiger partial charge in [-0.05, 0) is 26.8 Å². The van der Waals surface area contributed by atoms with Crippen molar-refractivity contribution in [1.29, 1.82) is 0 Å². The molecule has 130 valence electrons. The Hall–Kier alpha value is -2.15. The minimum Gasteiger partial charge on any atom is -0.341 e. The van der Waals surface area contributed by atoms with Crippen LogP contribution in [0.2, 0.25) is 0 Å². The summed E-state index contributed by atoms with van der Waals surface area (Å²) in [6.45, 7) is 9.29. The number of carbonyl (C=O) groups excluding carboxylic acids is 1. The zero-order valence-electron chi connectivity index (χ0n) is 14.9. The van der Waals surface area contributed by atoms with Gasteiger partial charge in [-0.15, -0.1) is 0 Å². The lowest BCUT2D eigenvalue weighted by Crippen LogP contribution is -2.31. The normalized spacial score (nSPS) is 15.2. The summed E-state index contributed by atoms with van der Waals surface area (Å²) in [6, 6.07) is 2.09. The highest BCUT2D eigenvalue weighted by Gasteiger charge is 2.20. The van der Waals surface area contributed by atoms with E-state index in [0.29, 0.717) is 13.0 Å². The van der Waals surface area contributed by atoms with Crippen molar-refractivity contribution in [3.8, 4) is 0 Å². The van der Waals surface area contributed by atoms with Crippen LogP contribution in [0.1, 0.15) is 42.0 Å². The van der Waals surface area contributed by atoms with Crippen LogP contribution in [-0.4, -0.2) is 44.0 Å². The minimum atomic E-state index is 0.0522. The number of aromatic nitrogens is 4. The molecule has 1 aliphatic rings. The molecule has 3 rings (SSSR count). The fraction of sp³-hybridized carbons (Fsp3) is 0.588. The maximum Gasteiger partial charge on any atom is 0.224 e. The number of aryl methyl sites for hydroxylation is 2. The van der Waals surface area contributed by atoms with Gasteiger partial charge in [0.1, 0.15) is 0 Å². The largest absolute Gasteiger partial charge is 0.341 e. The van der Waals surface area contributed by atoms with Crippen LogP contribution < -0.4 is 5.32 Å². The predicted octanol–water partition coefficient (Wildman–Crippen LogP) is 1.41. The third-order valence-corrected chi connectivity index (χ3v) is 4.59. The molecule has 1 atom stereocenters. The van der Waals surface area contributed by atoms with Gasteiger partial charge in [0.2, 0.25) is 5.91 Å². The van der Waals surface area contributed by atoms with Gasteiger partial charge >= 0.3 is 0 Å². The van der Waals surface area contributed by atoms with E-state index in [1.165, 1.54) is 5.69 Å². The van der Waals surface area contributed by atoms with Crippen LogP contribution in [-0.2, 0) is 24.4 Å². The van der Waals surface area contributed by atoms with Crippen LogP contribution in [0.3, 0.4) is 0 Å². The summed E-state index contributed by atoms with van der Waals surface area (Å²) < 4.78 is 3.97. The number of carbonyl (C=O) groups is 1. The van der Waals surface area contributed by atoms with Crippen molar-refractivity contribution in [2.75, 3.05) is 13.6 Å². The highest BCUT2D eigenvalue weighted by atomic mass is 16.2. The fourth-order valence-electron chi connectivity index (χ4n) is 3.30. The Bertz CT molecular complexity index is 732. The van der Waals surface area contributed by atoms with E-state index in [2.05, 4.69) is 15.5 Å². The first kappa shape index (κ1) is 16.7. The van der Waals surface area contributed by atoms with Crippen LogP contribution in [0.25, 0.3) is 0 Å². The van der Waals surface area contributed by atoms with Gasteiger partial charge in [0.15, 0.2) is 0 Å². The summed E-state index contributed by atoms with van der Waals surface area (Å²) in [7, 11) is 1.86. The van der Waals surface area contributed by atoms with Crippen molar-refractivity contribution in [1.82, 2.24) is 29.8 Å². The molecule has 0 fully saturated rings. The van der Waals surface area contributed by atoms with Crippen molar-refractivity contribution in [2.24, 2.45) is 0 Å². The Morgan fingerprint density at radius 1 is 1.46 bits per heavy atom. The third-order valence-electron chi connectivity index (χ3n) is 4.59. The lowest BCUT2D eigenvalue weighted by Gasteiger charge is -2.22. The third kappa shape index (κ3) is 3.36. The van der Waals surface area contributed by atoms with E-state index in [1.54, 1.807) is 4.90 Å². The highest BCUT2D eigenvalue weighted by molar-refractivity contribution is 5.76. The van der Waals surface area contributed by atoms with Gasteiger partial charge in [-0.2, -0.15) is 10.2 Å². The van der Waals surface area contributed by atoms with Crippen LogP contribution >= 0.6 is 0 Å². The van der Waals surface area contributed by atoms with Gasteiger partial charge in [0, 0.05) is 44.4 Å². The molecule has 24 heavy (non-hydrogen) atoms. The van der Waals surface area contributed by atoms with Crippen molar-refractivity contribution >= 4 is 5.91 Å². The van der Waals surface area contributed by atoms with Crippen molar-refractivity contribution in [2.45, 2.75) is 52.9 Å². The molecule has 0 bridgehead atoms. The number of hydrogen-bond acceptors (Lipinski definition) is 4. The Kier molecular flexibility index (Phi) is 4.71. The number of amides is 1. The molecule has 0 aliphatic carbocycles. The van der Waals surface area contributed by atoms with E-state index in [1.807, 2.05) is 49.4 Å². The summed E-state index contributed by atoms with van der Waals surface area (Å²) in [5.41, 5.74) is 4.38. The average molecular weight is 330 g/mol. The lowest BCUT2D eigenvalue weighted by molar-refractivity contribution is -0.131. The van der Waals surface area contributed by atoms with Crippen LogP contribution in [0, 0.1) is 13.8 Å². The van der Waals surface area contributed by atoms with E-state index in [9.17, 15) is 4.79 Å². The highest BCUT2D eigenvalue weighted by Crippen LogP contribution is 2.18. The SMILES string of the molecule is Cc1cc(C)n(C(C)CC(=O)N(C)Cc2cnn3c2CNCC3)n1. The standard InChI is InChI=1S/C17H26N6O/c1-12-7-13(2)23(20-12)14(3)8-17(24)21(4)11-15-9-19-22-6-5-18-10-16(15)22/h7,9,14,18H,5-6,8,10-11H2,1-4H3. The first-order valence-electron chi connectivity index (χ1n) is 8.46. The molecule has 0 radical (unpaired) electrons. The molecule has 7 nitrogen and oxygen atoms in total. The van der Waals surface area contributed by atoms with Gasteiger partial charge in [-0.1, -0.05) is 0 Å². The van der Waals surface area contributed by atoms with Crippen LogP contribution in [0.4, 0.5) is 0 Å². The molecule has 2 aromatic heterocycles. The molecule has 7 heteroatoms. The van der Waals surface area contributed by atoms with Crippen LogP contribution in [0.15, 0.2) is 12.3 Å². The molecule has 1 N–H and O–H groups in total. The Labute approximate surface area is 142 Å². The van der Waals surface area contributed by atoms with E-state index in [0.717, 1.165) is 36.6 Å². The minimum absolute atomic E-state index is 0.0522. The zero-order chi connectivity index (χ0) is 17.3. The Morgan fingerprint density at radius 2 is 2.25 bits per heavy atom. The number of hydrogen-bond donors (Lipinski definition) is 1.